The van der Waals surface area contributed by atoms with Crippen LogP contribution in [0.4, 0.5) is 0 Å². The third kappa shape index (κ3) is 5.88. The smallest absolute Gasteiger partial charge is 0.0163 e. The first-order chi connectivity index (χ1) is 7.64. The van der Waals surface area contributed by atoms with E-state index in [0.717, 1.165) is 6.42 Å². The van der Waals surface area contributed by atoms with Crippen molar-refractivity contribution in [2.45, 2.75) is 53.5 Å². The minimum atomic E-state index is -0.213. The topological polar surface area (TPSA) is 26.0 Å². The zero-order valence-electron chi connectivity index (χ0n) is 12.4. The molecule has 0 aliphatic rings. The molecule has 0 aliphatic heterocycles. The van der Waals surface area contributed by atoms with E-state index in [4.69, 9.17) is 5.73 Å². The second-order valence-electron chi connectivity index (χ2n) is 6.12. The summed E-state index contributed by atoms with van der Waals surface area (Å²) in [4.78, 5) is 0. The van der Waals surface area contributed by atoms with Crippen LogP contribution in [-0.4, -0.2) is 5.54 Å². The molecule has 17 heavy (non-hydrogen) atoms. The lowest BCUT2D eigenvalue weighted by Crippen LogP contribution is -2.40. The van der Waals surface area contributed by atoms with Crippen LogP contribution >= 0.6 is 0 Å². The third-order valence-corrected chi connectivity index (χ3v) is 3.56. The van der Waals surface area contributed by atoms with Crippen LogP contribution in [0.5, 0.6) is 0 Å². The summed E-state index contributed by atoms with van der Waals surface area (Å²) < 4.78 is 0. The predicted molar refractivity (Wildman–Crippen MR) is 78.9 cm³/mol. The normalized spacial score (nSPS) is 16.3. The molecule has 0 radical (unpaired) electrons. The van der Waals surface area contributed by atoms with Gasteiger partial charge in [0, 0.05) is 5.54 Å². The highest BCUT2D eigenvalue weighted by atomic mass is 14.7. The van der Waals surface area contributed by atoms with E-state index in [1.54, 1.807) is 0 Å². The van der Waals surface area contributed by atoms with E-state index in [2.05, 4.69) is 66.3 Å². The van der Waals surface area contributed by atoms with Crippen LogP contribution in [0, 0.1) is 11.3 Å². The van der Waals surface area contributed by atoms with E-state index >= 15 is 0 Å². The fourth-order valence-corrected chi connectivity index (χ4v) is 1.35. The van der Waals surface area contributed by atoms with E-state index in [1.807, 2.05) is 6.08 Å². The number of hydrogen-bond acceptors (Lipinski definition) is 1. The Hall–Kier alpha value is -0.820. The van der Waals surface area contributed by atoms with Gasteiger partial charge in [0.25, 0.3) is 0 Å². The van der Waals surface area contributed by atoms with E-state index in [-0.39, 0.29) is 11.0 Å². The van der Waals surface area contributed by atoms with Crippen molar-refractivity contribution in [1.82, 2.24) is 0 Å². The molecule has 0 bridgehead atoms. The molecule has 0 fully saturated rings. The van der Waals surface area contributed by atoms with Crippen molar-refractivity contribution >= 4 is 0 Å². The lowest BCUT2D eigenvalue weighted by Gasteiger charge is -2.29. The van der Waals surface area contributed by atoms with Crippen LogP contribution in [0.15, 0.2) is 36.5 Å². The first kappa shape index (κ1) is 16.2. The highest BCUT2D eigenvalue weighted by Crippen LogP contribution is 2.27. The molecule has 0 rings (SSSR count). The van der Waals surface area contributed by atoms with Crippen molar-refractivity contribution in [3.63, 3.8) is 0 Å². The van der Waals surface area contributed by atoms with Gasteiger partial charge >= 0.3 is 0 Å². The molecule has 0 amide bonds. The number of allylic oxidation sites excluding steroid dienone is 4. The average Bonchev–Trinajstić information content (AvgIpc) is 2.22. The van der Waals surface area contributed by atoms with E-state index in [1.165, 1.54) is 5.57 Å². The summed E-state index contributed by atoms with van der Waals surface area (Å²) in [6.07, 6.45) is 9.49. The summed E-state index contributed by atoms with van der Waals surface area (Å²) in [6, 6.07) is 0. The van der Waals surface area contributed by atoms with Crippen molar-refractivity contribution in [3.8, 4) is 0 Å². The number of hydrogen-bond donors (Lipinski definition) is 1. The van der Waals surface area contributed by atoms with Crippen LogP contribution in [-0.2, 0) is 0 Å². The molecule has 0 aromatic heterocycles. The number of nitrogens with two attached hydrogens (primary N) is 1. The average molecular weight is 235 g/mol. The van der Waals surface area contributed by atoms with Crippen molar-refractivity contribution in [2.24, 2.45) is 17.1 Å². The van der Waals surface area contributed by atoms with Crippen LogP contribution < -0.4 is 5.73 Å². The maximum absolute atomic E-state index is 6.17. The van der Waals surface area contributed by atoms with Gasteiger partial charge in [-0.05, 0) is 37.2 Å². The first-order valence-corrected chi connectivity index (χ1v) is 6.44. The van der Waals surface area contributed by atoms with Gasteiger partial charge in [-0.25, -0.2) is 0 Å². The molecule has 0 aliphatic carbocycles. The quantitative estimate of drug-likeness (QED) is 0.676. The summed E-state index contributed by atoms with van der Waals surface area (Å²) in [5.41, 5.74) is 7.44. The zero-order chi connectivity index (χ0) is 13.7. The molecule has 0 spiro atoms. The third-order valence-electron chi connectivity index (χ3n) is 3.56. The van der Waals surface area contributed by atoms with Gasteiger partial charge < -0.3 is 5.73 Å². The summed E-state index contributed by atoms with van der Waals surface area (Å²) >= 11 is 0. The van der Waals surface area contributed by atoms with E-state index in [0.29, 0.717) is 5.92 Å². The predicted octanol–water partition coefficient (Wildman–Crippen LogP) is 4.46. The van der Waals surface area contributed by atoms with Crippen LogP contribution in [0.25, 0.3) is 0 Å². The second kappa shape index (κ2) is 6.20. The molecule has 1 heteroatoms. The lowest BCUT2D eigenvalue weighted by molar-refractivity contribution is 0.396. The fraction of sp³-hybridized carbons (Fsp3) is 0.625. The first-order valence-electron chi connectivity index (χ1n) is 6.44. The maximum atomic E-state index is 6.17. The highest BCUT2D eigenvalue weighted by molar-refractivity contribution is 5.28. The van der Waals surface area contributed by atoms with Gasteiger partial charge in [0.15, 0.2) is 0 Å². The molecule has 0 saturated heterocycles. The second-order valence-corrected chi connectivity index (χ2v) is 6.12. The van der Waals surface area contributed by atoms with E-state index < -0.39 is 0 Å². The van der Waals surface area contributed by atoms with Crippen molar-refractivity contribution in [3.05, 3.63) is 36.5 Å². The van der Waals surface area contributed by atoms with Crippen molar-refractivity contribution in [1.29, 1.82) is 0 Å². The molecule has 1 unspecified atom stereocenters. The minimum absolute atomic E-state index is 0.213. The van der Waals surface area contributed by atoms with Crippen molar-refractivity contribution < 1.29 is 0 Å². The van der Waals surface area contributed by atoms with Crippen LogP contribution in [0.1, 0.15) is 48.0 Å². The molecule has 1 atom stereocenters. The summed E-state index contributed by atoms with van der Waals surface area (Å²) in [5.74, 6) is 0.310. The molecule has 0 saturated carbocycles. The monoisotopic (exact) mass is 235 g/mol. The highest BCUT2D eigenvalue weighted by Gasteiger charge is 2.23. The molecule has 98 valence electrons. The molecule has 0 aromatic carbocycles. The Bertz CT molecular complexity index is 300. The Morgan fingerprint density at radius 3 is 2.18 bits per heavy atom. The summed E-state index contributed by atoms with van der Waals surface area (Å²) in [6.45, 7) is 16.8. The van der Waals surface area contributed by atoms with Gasteiger partial charge in [0.2, 0.25) is 0 Å². The largest absolute Gasteiger partial charge is 0.325 e. The molecule has 0 aromatic rings. The van der Waals surface area contributed by atoms with Crippen molar-refractivity contribution in [2.75, 3.05) is 0 Å². The fourth-order valence-electron chi connectivity index (χ4n) is 1.35. The van der Waals surface area contributed by atoms with Gasteiger partial charge in [-0.3, -0.25) is 0 Å². The van der Waals surface area contributed by atoms with E-state index in [9.17, 15) is 0 Å². The molecule has 2 N–H and O–H groups in total. The van der Waals surface area contributed by atoms with Gasteiger partial charge in [0.05, 0.1) is 0 Å². The standard InChI is InChI=1S/C16H29N/c1-8-10-14(13(3)16(6,7)17)11-12-15(4,5)9-2/h8,10-13H,1,9,17H2,2-7H3/b12-11-,14-10+. The maximum Gasteiger partial charge on any atom is 0.0163 e. The molecular weight excluding hydrogens is 206 g/mol. The SMILES string of the molecule is C=C/C=C(\C=C/C(C)(C)CC)C(C)C(C)(C)N. The lowest BCUT2D eigenvalue weighted by atomic mass is 9.81. The molecular formula is C16H29N. The van der Waals surface area contributed by atoms with Crippen LogP contribution in [0.3, 0.4) is 0 Å². The Morgan fingerprint density at radius 1 is 1.29 bits per heavy atom. The van der Waals surface area contributed by atoms with Gasteiger partial charge in [-0.1, -0.05) is 58.6 Å². The van der Waals surface area contributed by atoms with Gasteiger partial charge in [0.1, 0.15) is 0 Å². The van der Waals surface area contributed by atoms with Crippen LogP contribution in [0.2, 0.25) is 0 Å². The number of rotatable bonds is 6. The molecule has 1 nitrogen and oxygen atoms in total. The van der Waals surface area contributed by atoms with Gasteiger partial charge in [-0.15, -0.1) is 0 Å². The molecule has 0 heterocycles. The Kier molecular flexibility index (Phi) is 5.91. The Balaban J connectivity index is 5.04. The Labute approximate surface area is 107 Å². The summed E-state index contributed by atoms with van der Waals surface area (Å²) in [7, 11) is 0. The zero-order valence-corrected chi connectivity index (χ0v) is 12.4. The van der Waals surface area contributed by atoms with Gasteiger partial charge in [-0.2, -0.15) is 0 Å². The summed E-state index contributed by atoms with van der Waals surface area (Å²) in [5, 5.41) is 0. The Morgan fingerprint density at radius 2 is 1.82 bits per heavy atom. The minimum Gasteiger partial charge on any atom is -0.325 e.